The summed E-state index contributed by atoms with van der Waals surface area (Å²) >= 11 is 1.73. The van der Waals surface area contributed by atoms with Gasteiger partial charge in [0.1, 0.15) is 0 Å². The molecule has 0 aromatic carbocycles. The monoisotopic (exact) mass is 278 g/mol. The summed E-state index contributed by atoms with van der Waals surface area (Å²) in [5, 5.41) is 0.477. The molecule has 1 saturated carbocycles. The third-order valence-electron chi connectivity index (χ3n) is 4.24. The van der Waals surface area contributed by atoms with Crippen molar-refractivity contribution in [2.24, 2.45) is 5.73 Å². The van der Waals surface area contributed by atoms with Crippen molar-refractivity contribution in [1.82, 2.24) is 4.90 Å². The van der Waals surface area contributed by atoms with Crippen LogP contribution in [0.2, 0.25) is 0 Å². The molecule has 1 aliphatic carbocycles. The molecule has 2 fully saturated rings. The Morgan fingerprint density at radius 1 is 1.28 bits per heavy atom. The molecule has 0 radical (unpaired) electrons. The summed E-state index contributed by atoms with van der Waals surface area (Å²) in [6, 6.07) is -0.944. The Labute approximate surface area is 113 Å². The minimum absolute atomic E-state index is 0.0283. The molecule has 1 heterocycles. The Balaban J connectivity index is 1.82. The van der Waals surface area contributed by atoms with Gasteiger partial charge in [0.25, 0.3) is 5.92 Å². The lowest BCUT2D eigenvalue weighted by Gasteiger charge is -2.38. The van der Waals surface area contributed by atoms with Gasteiger partial charge in [0.05, 0.1) is 6.04 Å². The molecule has 1 saturated heterocycles. The molecule has 2 rings (SSSR count). The summed E-state index contributed by atoms with van der Waals surface area (Å²) in [6.45, 7) is 5.47. The van der Waals surface area contributed by atoms with Gasteiger partial charge in [-0.2, -0.15) is 11.8 Å². The summed E-state index contributed by atoms with van der Waals surface area (Å²) in [6.07, 6.45) is 3.68. The van der Waals surface area contributed by atoms with Crippen LogP contribution < -0.4 is 5.73 Å². The average molecular weight is 278 g/mol. The fourth-order valence-corrected chi connectivity index (χ4v) is 4.57. The third kappa shape index (κ3) is 3.36. The highest BCUT2D eigenvalue weighted by Gasteiger charge is 2.45. The van der Waals surface area contributed by atoms with Crippen molar-refractivity contribution in [3.8, 4) is 0 Å². The largest absolute Gasteiger partial charge is 0.322 e. The van der Waals surface area contributed by atoms with Crippen LogP contribution in [0.5, 0.6) is 0 Å². The van der Waals surface area contributed by atoms with E-state index in [9.17, 15) is 8.78 Å². The van der Waals surface area contributed by atoms with Gasteiger partial charge in [0.2, 0.25) is 0 Å². The molecular weight excluding hydrogens is 254 g/mol. The first-order chi connectivity index (χ1) is 8.53. The van der Waals surface area contributed by atoms with E-state index in [-0.39, 0.29) is 11.7 Å². The number of nitrogens with zero attached hydrogens (tertiary/aromatic N) is 1. The highest BCUT2D eigenvalue weighted by Crippen LogP contribution is 2.40. The van der Waals surface area contributed by atoms with E-state index in [1.807, 2.05) is 0 Å². The van der Waals surface area contributed by atoms with E-state index in [4.69, 9.17) is 5.73 Å². The number of halogens is 2. The van der Waals surface area contributed by atoms with Crippen molar-refractivity contribution in [2.45, 2.75) is 61.5 Å². The van der Waals surface area contributed by atoms with Crippen molar-refractivity contribution in [2.75, 3.05) is 19.6 Å². The van der Waals surface area contributed by atoms with Crippen molar-refractivity contribution >= 4 is 11.8 Å². The van der Waals surface area contributed by atoms with Gasteiger partial charge < -0.3 is 10.6 Å². The molecular formula is C13H24F2N2S. The molecule has 106 valence electrons. The van der Waals surface area contributed by atoms with Crippen LogP contribution in [0.25, 0.3) is 0 Å². The highest BCUT2D eigenvalue weighted by molar-refractivity contribution is 8.00. The van der Waals surface area contributed by atoms with Gasteiger partial charge in [-0.05, 0) is 45.3 Å². The maximum atomic E-state index is 13.6. The lowest BCUT2D eigenvalue weighted by atomic mass is 9.92. The molecule has 0 aromatic rings. The number of piperidine rings is 1. The van der Waals surface area contributed by atoms with Crippen LogP contribution in [-0.4, -0.2) is 47.0 Å². The predicted molar refractivity (Wildman–Crippen MR) is 73.3 cm³/mol. The standard InChI is InChI=1S/C13H24F2N2S/c1-2-17-8-5-10(6-9-17)18-11-4-3-7-13(14,15)12(11)16/h10-12H,2-9,16H2,1H3/t11-,12+/m0/s1. The fourth-order valence-electron chi connectivity index (χ4n) is 2.92. The van der Waals surface area contributed by atoms with Gasteiger partial charge in [0, 0.05) is 16.9 Å². The summed E-state index contributed by atoms with van der Waals surface area (Å²) in [5.41, 5.74) is 5.75. The Bertz CT molecular complexity index is 268. The predicted octanol–water partition coefficient (Wildman–Crippen LogP) is 2.72. The summed E-state index contributed by atoms with van der Waals surface area (Å²) < 4.78 is 27.1. The van der Waals surface area contributed by atoms with E-state index in [0.717, 1.165) is 38.9 Å². The molecule has 5 heteroatoms. The van der Waals surface area contributed by atoms with Crippen molar-refractivity contribution in [1.29, 1.82) is 0 Å². The molecule has 0 spiro atoms. The number of alkyl halides is 2. The van der Waals surface area contributed by atoms with Crippen LogP contribution in [0.4, 0.5) is 8.78 Å². The maximum absolute atomic E-state index is 13.6. The number of hydrogen-bond acceptors (Lipinski definition) is 3. The SMILES string of the molecule is CCN1CCC(S[C@H]2CCCC(F)(F)[C@@H]2N)CC1. The van der Waals surface area contributed by atoms with E-state index in [1.165, 1.54) is 0 Å². The van der Waals surface area contributed by atoms with Crippen molar-refractivity contribution in [3.63, 3.8) is 0 Å². The highest BCUT2D eigenvalue weighted by atomic mass is 32.2. The molecule has 0 amide bonds. The van der Waals surface area contributed by atoms with E-state index in [0.29, 0.717) is 11.7 Å². The second kappa shape index (κ2) is 6.06. The van der Waals surface area contributed by atoms with E-state index < -0.39 is 12.0 Å². The second-order valence-electron chi connectivity index (χ2n) is 5.49. The van der Waals surface area contributed by atoms with Crippen LogP contribution in [0.3, 0.4) is 0 Å². The minimum atomic E-state index is -2.65. The summed E-state index contributed by atoms with van der Waals surface area (Å²) in [5.74, 6) is -2.65. The molecule has 0 bridgehead atoms. The van der Waals surface area contributed by atoms with Gasteiger partial charge in [-0.15, -0.1) is 0 Å². The van der Waals surface area contributed by atoms with Crippen LogP contribution in [0.1, 0.15) is 39.0 Å². The molecule has 2 nitrogen and oxygen atoms in total. The third-order valence-corrected chi connectivity index (χ3v) is 5.97. The number of likely N-dealkylation sites (tertiary alicyclic amines) is 1. The van der Waals surface area contributed by atoms with E-state index >= 15 is 0 Å². The van der Waals surface area contributed by atoms with Crippen LogP contribution >= 0.6 is 11.8 Å². The molecule has 0 unspecified atom stereocenters. The number of thioether (sulfide) groups is 1. The van der Waals surface area contributed by atoms with Gasteiger partial charge >= 0.3 is 0 Å². The topological polar surface area (TPSA) is 29.3 Å². The summed E-state index contributed by atoms with van der Waals surface area (Å²) in [7, 11) is 0. The zero-order valence-electron chi connectivity index (χ0n) is 11.1. The second-order valence-corrected chi connectivity index (χ2v) is 7.03. The van der Waals surface area contributed by atoms with Crippen LogP contribution in [0.15, 0.2) is 0 Å². The van der Waals surface area contributed by atoms with Crippen molar-refractivity contribution < 1.29 is 8.78 Å². The molecule has 1 aliphatic heterocycles. The Morgan fingerprint density at radius 3 is 2.56 bits per heavy atom. The summed E-state index contributed by atoms with van der Waals surface area (Å²) in [4.78, 5) is 2.42. The van der Waals surface area contributed by atoms with Gasteiger partial charge in [0.15, 0.2) is 0 Å². The lowest BCUT2D eigenvalue weighted by molar-refractivity contribution is -0.0490. The first kappa shape index (κ1) is 14.5. The molecule has 0 aromatic heterocycles. The number of rotatable bonds is 3. The van der Waals surface area contributed by atoms with Gasteiger partial charge in [-0.3, -0.25) is 0 Å². The zero-order valence-corrected chi connectivity index (χ0v) is 11.9. The van der Waals surface area contributed by atoms with Gasteiger partial charge in [-0.1, -0.05) is 6.92 Å². The molecule has 2 atom stereocenters. The first-order valence-corrected chi connectivity index (χ1v) is 7.98. The molecule has 2 aliphatic rings. The van der Waals surface area contributed by atoms with Crippen LogP contribution in [-0.2, 0) is 0 Å². The van der Waals surface area contributed by atoms with E-state index in [2.05, 4.69) is 11.8 Å². The van der Waals surface area contributed by atoms with Crippen LogP contribution in [0, 0.1) is 0 Å². The quantitative estimate of drug-likeness (QED) is 0.860. The molecule has 2 N–H and O–H groups in total. The minimum Gasteiger partial charge on any atom is -0.322 e. The number of hydrogen-bond donors (Lipinski definition) is 1. The fraction of sp³-hybridized carbons (Fsp3) is 1.00. The zero-order chi connectivity index (χ0) is 13.2. The lowest BCUT2D eigenvalue weighted by Crippen LogP contribution is -2.51. The van der Waals surface area contributed by atoms with Crippen molar-refractivity contribution in [3.05, 3.63) is 0 Å². The van der Waals surface area contributed by atoms with Gasteiger partial charge in [-0.25, -0.2) is 8.78 Å². The van der Waals surface area contributed by atoms with E-state index in [1.54, 1.807) is 11.8 Å². The maximum Gasteiger partial charge on any atom is 0.264 e. The average Bonchev–Trinajstić information content (AvgIpc) is 2.36. The molecule has 18 heavy (non-hydrogen) atoms. The first-order valence-electron chi connectivity index (χ1n) is 7.04. The Morgan fingerprint density at radius 2 is 1.94 bits per heavy atom. The Kier molecular flexibility index (Phi) is 4.89. The smallest absolute Gasteiger partial charge is 0.264 e. The normalized spacial score (nSPS) is 34.7. The Hall–Kier alpha value is 0.130. The number of nitrogens with two attached hydrogens (primary N) is 1.